The summed E-state index contributed by atoms with van der Waals surface area (Å²) in [5.41, 5.74) is 4.96. The van der Waals surface area contributed by atoms with Gasteiger partial charge in [0.25, 0.3) is 0 Å². The van der Waals surface area contributed by atoms with E-state index in [0.717, 1.165) is 38.4 Å². The Labute approximate surface area is 218 Å². The zero-order chi connectivity index (χ0) is 27.9. The highest BCUT2D eigenvalue weighted by Gasteiger charge is 2.21. The Bertz CT molecular complexity index is 1920. The molecule has 6 rings (SSSR count). The highest BCUT2D eigenvalue weighted by molar-refractivity contribution is 6.89. The summed E-state index contributed by atoms with van der Waals surface area (Å²) in [6.45, 7) is 11.0. The van der Waals surface area contributed by atoms with Gasteiger partial charge in [-0.25, -0.2) is 0 Å². The maximum atomic E-state index is 8.05. The summed E-state index contributed by atoms with van der Waals surface area (Å²) in [6.07, 6.45) is 1.55. The maximum absolute atomic E-state index is 8.05. The first-order valence-electron chi connectivity index (χ1n) is 14.1. The molecule has 0 saturated heterocycles. The van der Waals surface area contributed by atoms with E-state index < -0.39 is 14.9 Å². The summed E-state index contributed by atoms with van der Waals surface area (Å²) in [5.74, 6) is 0. The monoisotopic (exact) mass is 490 g/mol. The third kappa shape index (κ3) is 3.65. The SMILES string of the molecule is [2H]C([2H])([2H])c1cnc(-c2cccc3c2oc2cc4c(ccc5ccc(C(C)(C)C)cc54)cc23)cc1[Si](C)(C)C. The van der Waals surface area contributed by atoms with Crippen LogP contribution in [-0.2, 0) is 5.41 Å². The van der Waals surface area contributed by atoms with Gasteiger partial charge in [0.05, 0.1) is 13.8 Å². The van der Waals surface area contributed by atoms with Crippen molar-refractivity contribution in [1.29, 1.82) is 0 Å². The molecule has 6 aromatic rings. The van der Waals surface area contributed by atoms with Crippen LogP contribution in [0.25, 0.3) is 54.7 Å². The minimum absolute atomic E-state index is 0.0611. The third-order valence-corrected chi connectivity index (χ3v) is 9.34. The summed E-state index contributed by atoms with van der Waals surface area (Å²) in [6, 6.07) is 23.6. The van der Waals surface area contributed by atoms with E-state index in [1.807, 2.05) is 18.2 Å². The molecule has 0 amide bonds. The van der Waals surface area contributed by atoms with Crippen LogP contribution in [0.3, 0.4) is 0 Å². The number of furan rings is 1. The number of aromatic nitrogens is 1. The molecule has 0 fully saturated rings. The number of nitrogens with zero attached hydrogens (tertiary/aromatic N) is 1. The van der Waals surface area contributed by atoms with Crippen molar-refractivity contribution in [1.82, 2.24) is 4.98 Å². The summed E-state index contributed by atoms with van der Waals surface area (Å²) >= 11 is 0. The Morgan fingerprint density at radius 2 is 1.56 bits per heavy atom. The molecule has 0 radical (unpaired) electrons. The Morgan fingerprint density at radius 1 is 0.806 bits per heavy atom. The van der Waals surface area contributed by atoms with Gasteiger partial charge in [0.2, 0.25) is 0 Å². The van der Waals surface area contributed by atoms with Crippen LogP contribution in [0.1, 0.15) is 36.0 Å². The number of rotatable bonds is 2. The number of fused-ring (bicyclic) bond motifs is 6. The van der Waals surface area contributed by atoms with Gasteiger partial charge in [-0.2, -0.15) is 0 Å². The molecular formula is C33H33NOSi. The number of benzene rings is 4. The zero-order valence-corrected chi connectivity index (χ0v) is 22.8. The average Bonchev–Trinajstić information content (AvgIpc) is 3.23. The molecule has 0 bridgehead atoms. The Hall–Kier alpha value is -3.43. The lowest BCUT2D eigenvalue weighted by Gasteiger charge is -2.20. The van der Waals surface area contributed by atoms with Crippen molar-refractivity contribution in [2.75, 3.05) is 0 Å². The van der Waals surface area contributed by atoms with Crippen molar-refractivity contribution in [3.05, 3.63) is 84.1 Å². The first-order chi connectivity index (χ1) is 18.2. The van der Waals surface area contributed by atoms with E-state index in [0.29, 0.717) is 5.56 Å². The molecule has 0 aliphatic rings. The van der Waals surface area contributed by atoms with Crippen LogP contribution < -0.4 is 5.19 Å². The maximum Gasteiger partial charge on any atom is 0.144 e. The lowest BCUT2D eigenvalue weighted by Crippen LogP contribution is -2.39. The molecular weight excluding hydrogens is 454 g/mol. The van der Waals surface area contributed by atoms with Gasteiger partial charge in [0.15, 0.2) is 0 Å². The summed E-state index contributed by atoms with van der Waals surface area (Å²) in [5, 5.41) is 7.79. The largest absolute Gasteiger partial charge is 0.455 e. The second-order valence-corrected chi connectivity index (χ2v) is 17.0. The zero-order valence-electron chi connectivity index (χ0n) is 24.8. The predicted octanol–water partition coefficient (Wildman–Crippen LogP) is 9.11. The Balaban J connectivity index is 1.60. The van der Waals surface area contributed by atoms with Gasteiger partial charge in [0, 0.05) is 26.6 Å². The molecule has 4 aromatic carbocycles. The van der Waals surface area contributed by atoms with Crippen LogP contribution in [0.2, 0.25) is 19.6 Å². The van der Waals surface area contributed by atoms with Crippen LogP contribution in [0.4, 0.5) is 0 Å². The van der Waals surface area contributed by atoms with Crippen molar-refractivity contribution in [2.45, 2.75) is 52.7 Å². The van der Waals surface area contributed by atoms with Gasteiger partial charge in [-0.05, 0) is 75.3 Å². The lowest BCUT2D eigenvalue weighted by molar-refractivity contribution is 0.591. The molecule has 2 aromatic heterocycles. The molecule has 2 heterocycles. The van der Waals surface area contributed by atoms with Gasteiger partial charge >= 0.3 is 0 Å². The highest BCUT2D eigenvalue weighted by atomic mass is 28.3. The van der Waals surface area contributed by atoms with Crippen molar-refractivity contribution in [2.24, 2.45) is 0 Å². The van der Waals surface area contributed by atoms with Crippen LogP contribution in [0.5, 0.6) is 0 Å². The van der Waals surface area contributed by atoms with Gasteiger partial charge in [-0.15, -0.1) is 0 Å². The molecule has 3 heteroatoms. The number of para-hydroxylation sites is 1. The predicted molar refractivity (Wildman–Crippen MR) is 158 cm³/mol. The summed E-state index contributed by atoms with van der Waals surface area (Å²) in [4.78, 5) is 4.64. The summed E-state index contributed by atoms with van der Waals surface area (Å²) in [7, 11) is -1.96. The minimum Gasteiger partial charge on any atom is -0.455 e. The van der Waals surface area contributed by atoms with Crippen LogP contribution >= 0.6 is 0 Å². The first-order valence-corrected chi connectivity index (χ1v) is 16.1. The topological polar surface area (TPSA) is 26.0 Å². The number of pyridine rings is 1. The molecule has 0 aliphatic carbocycles. The molecule has 0 spiro atoms. The number of aryl methyl sites for hydroxylation is 1. The average molecular weight is 491 g/mol. The van der Waals surface area contributed by atoms with Crippen molar-refractivity contribution in [3.63, 3.8) is 0 Å². The fourth-order valence-corrected chi connectivity index (χ4v) is 6.68. The van der Waals surface area contributed by atoms with Crippen molar-refractivity contribution >= 4 is 56.7 Å². The normalized spacial score (nSPS) is 14.4. The standard InChI is InChI=1S/C33H33NOSi/c1-20-19-34-29(18-31(20)36(5,6)7)25-10-8-9-24-28-15-22-12-11-21-13-14-23(33(2,3)4)16-26(21)27(22)17-30(28)35-32(24)25/h8-19H,1-7H3/i1D3. The molecule has 0 atom stereocenters. The molecule has 0 aliphatic heterocycles. The van der Waals surface area contributed by atoms with Gasteiger partial charge in [0.1, 0.15) is 11.2 Å². The molecule has 0 saturated carbocycles. The van der Waals surface area contributed by atoms with E-state index in [-0.39, 0.29) is 5.41 Å². The van der Waals surface area contributed by atoms with Gasteiger partial charge < -0.3 is 4.42 Å². The minimum atomic E-state index is -2.19. The Morgan fingerprint density at radius 3 is 2.31 bits per heavy atom. The third-order valence-electron chi connectivity index (χ3n) is 7.31. The van der Waals surface area contributed by atoms with E-state index in [1.54, 1.807) is 6.20 Å². The van der Waals surface area contributed by atoms with E-state index in [9.17, 15) is 0 Å². The quantitative estimate of drug-likeness (QED) is 0.179. The van der Waals surface area contributed by atoms with E-state index in [2.05, 4.69) is 93.9 Å². The molecule has 0 N–H and O–H groups in total. The van der Waals surface area contributed by atoms with Crippen molar-refractivity contribution in [3.8, 4) is 11.3 Å². The molecule has 180 valence electrons. The number of hydrogen-bond donors (Lipinski definition) is 0. The van der Waals surface area contributed by atoms with Crippen LogP contribution in [0, 0.1) is 6.85 Å². The second-order valence-electron chi connectivity index (χ2n) is 12.0. The molecule has 2 nitrogen and oxygen atoms in total. The van der Waals surface area contributed by atoms with E-state index in [1.165, 1.54) is 27.1 Å². The second kappa shape index (κ2) is 7.78. The molecule has 36 heavy (non-hydrogen) atoms. The first kappa shape index (κ1) is 19.7. The number of hydrogen-bond acceptors (Lipinski definition) is 2. The molecule has 0 unspecified atom stereocenters. The van der Waals surface area contributed by atoms with E-state index in [4.69, 9.17) is 8.53 Å². The summed E-state index contributed by atoms with van der Waals surface area (Å²) < 4.78 is 30.7. The Kier molecular flexibility index (Phi) is 4.26. The van der Waals surface area contributed by atoms with Crippen LogP contribution in [0.15, 0.2) is 77.3 Å². The highest BCUT2D eigenvalue weighted by Crippen LogP contribution is 2.39. The van der Waals surface area contributed by atoms with Gasteiger partial charge in [-0.3, -0.25) is 4.98 Å². The van der Waals surface area contributed by atoms with Crippen molar-refractivity contribution < 1.29 is 8.53 Å². The fraction of sp³-hybridized carbons (Fsp3) is 0.242. The smallest absolute Gasteiger partial charge is 0.144 e. The van der Waals surface area contributed by atoms with Crippen LogP contribution in [-0.4, -0.2) is 13.1 Å². The van der Waals surface area contributed by atoms with Gasteiger partial charge in [-0.1, -0.05) is 82.0 Å². The lowest BCUT2D eigenvalue weighted by atomic mass is 9.85. The fourth-order valence-electron chi connectivity index (χ4n) is 5.24. The van der Waals surface area contributed by atoms with E-state index >= 15 is 0 Å².